The van der Waals surface area contributed by atoms with Crippen LogP contribution in [0.3, 0.4) is 0 Å². The van der Waals surface area contributed by atoms with Crippen molar-refractivity contribution < 1.29 is 14.3 Å². The molecular weight excluding hydrogens is 425 g/mol. The third-order valence-corrected chi connectivity index (χ3v) is 5.41. The molecule has 1 amide bonds. The summed E-state index contributed by atoms with van der Waals surface area (Å²) in [6.07, 6.45) is -0.995. The zero-order chi connectivity index (χ0) is 21.8. The minimum atomic E-state index is -0.995. The fourth-order valence-electron chi connectivity index (χ4n) is 3.00. The first-order valence-electron chi connectivity index (χ1n) is 9.29. The van der Waals surface area contributed by atoms with Gasteiger partial charge in [-0.15, -0.1) is 0 Å². The van der Waals surface area contributed by atoms with Gasteiger partial charge in [0.25, 0.3) is 5.91 Å². The van der Waals surface area contributed by atoms with Gasteiger partial charge in [0.2, 0.25) is 0 Å². The molecule has 0 fully saturated rings. The van der Waals surface area contributed by atoms with Crippen molar-refractivity contribution in [3.05, 3.63) is 81.6 Å². The van der Waals surface area contributed by atoms with Gasteiger partial charge in [-0.2, -0.15) is 5.10 Å². The topological polar surface area (TPSA) is 64.4 Å². The number of carbonyl (C=O) groups excluding carboxylic acids is 2. The van der Waals surface area contributed by atoms with Crippen molar-refractivity contribution in [3.63, 3.8) is 0 Å². The molecule has 0 aliphatic heterocycles. The van der Waals surface area contributed by atoms with Crippen LogP contribution in [0.2, 0.25) is 10.2 Å². The Morgan fingerprint density at radius 3 is 2.40 bits per heavy atom. The molecular formula is C22H21Cl2N3O3. The first kappa shape index (κ1) is 21.9. The quantitative estimate of drug-likeness (QED) is 0.513. The summed E-state index contributed by atoms with van der Waals surface area (Å²) in [5, 5.41) is 5.04. The zero-order valence-electron chi connectivity index (χ0n) is 16.8. The molecule has 3 rings (SSSR count). The lowest BCUT2D eigenvalue weighted by Gasteiger charge is -2.21. The van der Waals surface area contributed by atoms with Gasteiger partial charge in [-0.05, 0) is 37.6 Å². The van der Waals surface area contributed by atoms with E-state index in [0.29, 0.717) is 22.9 Å². The van der Waals surface area contributed by atoms with Crippen LogP contribution in [-0.2, 0) is 16.1 Å². The highest BCUT2D eigenvalue weighted by atomic mass is 35.5. The van der Waals surface area contributed by atoms with E-state index in [1.165, 1.54) is 16.5 Å². The second-order valence-electron chi connectivity index (χ2n) is 6.78. The Morgan fingerprint density at radius 2 is 1.73 bits per heavy atom. The Hall–Kier alpha value is -2.83. The van der Waals surface area contributed by atoms with Crippen molar-refractivity contribution in [1.29, 1.82) is 0 Å². The highest BCUT2D eigenvalue weighted by Gasteiger charge is 2.27. The predicted octanol–water partition coefficient (Wildman–Crippen LogP) is 4.75. The van der Waals surface area contributed by atoms with Gasteiger partial charge in [-0.1, -0.05) is 59.6 Å². The van der Waals surface area contributed by atoms with E-state index in [4.69, 9.17) is 27.9 Å². The second kappa shape index (κ2) is 9.32. The molecule has 1 aromatic heterocycles. The SMILES string of the molecule is Cc1nn(Cc2ccccc2Cl)c(Cl)c1C(=O)OC(C)C(=O)N(C)c1ccccc1. The summed E-state index contributed by atoms with van der Waals surface area (Å²) < 4.78 is 6.88. The number of ether oxygens (including phenoxy) is 1. The number of benzene rings is 2. The van der Waals surface area contributed by atoms with Crippen LogP contribution in [0.25, 0.3) is 0 Å². The van der Waals surface area contributed by atoms with Gasteiger partial charge in [0, 0.05) is 17.8 Å². The Bertz CT molecular complexity index is 1070. The lowest BCUT2D eigenvalue weighted by atomic mass is 10.2. The molecule has 0 aliphatic rings. The molecule has 0 bridgehead atoms. The molecule has 0 saturated heterocycles. The Kier molecular flexibility index (Phi) is 6.80. The Labute approximate surface area is 185 Å². The molecule has 30 heavy (non-hydrogen) atoms. The number of likely N-dealkylation sites (N-methyl/N-ethyl adjacent to an activating group) is 1. The molecule has 156 valence electrons. The van der Waals surface area contributed by atoms with Crippen LogP contribution in [0.15, 0.2) is 54.6 Å². The highest BCUT2D eigenvalue weighted by molar-refractivity contribution is 6.33. The molecule has 8 heteroatoms. The summed E-state index contributed by atoms with van der Waals surface area (Å²) >= 11 is 12.6. The number of anilines is 1. The first-order chi connectivity index (χ1) is 14.3. The number of amides is 1. The second-order valence-corrected chi connectivity index (χ2v) is 7.55. The minimum Gasteiger partial charge on any atom is -0.449 e. The molecule has 0 spiro atoms. The van der Waals surface area contributed by atoms with Crippen LogP contribution in [0.4, 0.5) is 5.69 Å². The fourth-order valence-corrected chi connectivity index (χ4v) is 3.51. The summed E-state index contributed by atoms with van der Waals surface area (Å²) in [5.74, 6) is -1.06. The van der Waals surface area contributed by atoms with Gasteiger partial charge in [-0.25, -0.2) is 9.48 Å². The maximum Gasteiger partial charge on any atom is 0.343 e. The number of aromatic nitrogens is 2. The van der Waals surface area contributed by atoms with Crippen LogP contribution < -0.4 is 4.90 Å². The normalized spacial score (nSPS) is 11.8. The van der Waals surface area contributed by atoms with Crippen molar-refractivity contribution in [2.24, 2.45) is 0 Å². The van der Waals surface area contributed by atoms with Crippen molar-refractivity contribution in [3.8, 4) is 0 Å². The van der Waals surface area contributed by atoms with Gasteiger partial charge in [-0.3, -0.25) is 4.79 Å². The number of rotatable bonds is 6. The number of hydrogen-bond acceptors (Lipinski definition) is 4. The molecule has 6 nitrogen and oxygen atoms in total. The van der Waals surface area contributed by atoms with Crippen molar-refractivity contribution in [2.75, 3.05) is 11.9 Å². The van der Waals surface area contributed by atoms with Crippen LogP contribution in [0.5, 0.6) is 0 Å². The summed E-state index contributed by atoms with van der Waals surface area (Å²) in [6.45, 7) is 3.49. The number of esters is 1. The largest absolute Gasteiger partial charge is 0.449 e. The Balaban J connectivity index is 1.74. The van der Waals surface area contributed by atoms with Crippen molar-refractivity contribution in [1.82, 2.24) is 9.78 Å². The van der Waals surface area contributed by atoms with Gasteiger partial charge < -0.3 is 9.64 Å². The lowest BCUT2D eigenvalue weighted by molar-refractivity contribution is -0.126. The molecule has 1 heterocycles. The van der Waals surface area contributed by atoms with Gasteiger partial charge in [0.1, 0.15) is 10.7 Å². The number of nitrogens with zero attached hydrogens (tertiary/aromatic N) is 3. The maximum absolute atomic E-state index is 12.7. The van der Waals surface area contributed by atoms with E-state index in [-0.39, 0.29) is 16.6 Å². The summed E-state index contributed by atoms with van der Waals surface area (Å²) in [5.41, 5.74) is 2.06. The van der Waals surface area contributed by atoms with E-state index in [1.54, 1.807) is 32.2 Å². The van der Waals surface area contributed by atoms with Gasteiger partial charge >= 0.3 is 5.97 Å². The van der Waals surface area contributed by atoms with Crippen molar-refractivity contribution in [2.45, 2.75) is 26.5 Å². The molecule has 2 aromatic carbocycles. The maximum atomic E-state index is 12.7. The molecule has 0 N–H and O–H groups in total. The highest BCUT2D eigenvalue weighted by Crippen LogP contribution is 2.24. The average Bonchev–Trinajstić information content (AvgIpc) is 3.02. The van der Waals surface area contributed by atoms with E-state index in [1.807, 2.05) is 36.4 Å². The molecule has 1 atom stereocenters. The minimum absolute atomic E-state index is 0.130. The smallest absolute Gasteiger partial charge is 0.343 e. The fraction of sp³-hybridized carbons (Fsp3) is 0.227. The zero-order valence-corrected chi connectivity index (χ0v) is 18.3. The lowest BCUT2D eigenvalue weighted by Crippen LogP contribution is -2.37. The molecule has 0 saturated carbocycles. The molecule has 0 aliphatic carbocycles. The van der Waals surface area contributed by atoms with Crippen molar-refractivity contribution >= 4 is 40.8 Å². The van der Waals surface area contributed by atoms with E-state index < -0.39 is 12.1 Å². The number of para-hydroxylation sites is 1. The number of hydrogen-bond donors (Lipinski definition) is 0. The summed E-state index contributed by atoms with van der Waals surface area (Å²) in [6, 6.07) is 16.4. The molecule has 0 radical (unpaired) electrons. The summed E-state index contributed by atoms with van der Waals surface area (Å²) in [4.78, 5) is 26.8. The predicted molar refractivity (Wildman–Crippen MR) is 117 cm³/mol. The van der Waals surface area contributed by atoms with Crippen LogP contribution in [0, 0.1) is 6.92 Å². The van der Waals surface area contributed by atoms with Crippen LogP contribution in [0.1, 0.15) is 28.5 Å². The van der Waals surface area contributed by atoms with Crippen LogP contribution >= 0.6 is 23.2 Å². The van der Waals surface area contributed by atoms with E-state index in [2.05, 4.69) is 5.10 Å². The molecule has 1 unspecified atom stereocenters. The number of carbonyl (C=O) groups is 2. The number of aryl methyl sites for hydroxylation is 1. The van der Waals surface area contributed by atoms with E-state index >= 15 is 0 Å². The molecule has 3 aromatic rings. The first-order valence-corrected chi connectivity index (χ1v) is 10.0. The van der Waals surface area contributed by atoms with Gasteiger partial charge in [0.05, 0.1) is 12.2 Å². The third kappa shape index (κ3) is 4.66. The Morgan fingerprint density at radius 1 is 1.10 bits per heavy atom. The van der Waals surface area contributed by atoms with Crippen LogP contribution in [-0.4, -0.2) is 34.8 Å². The van der Waals surface area contributed by atoms with Gasteiger partial charge in [0.15, 0.2) is 6.10 Å². The number of halogens is 2. The summed E-state index contributed by atoms with van der Waals surface area (Å²) in [7, 11) is 1.63. The van der Waals surface area contributed by atoms with E-state index in [0.717, 1.165) is 5.56 Å². The average molecular weight is 446 g/mol. The monoisotopic (exact) mass is 445 g/mol. The van der Waals surface area contributed by atoms with E-state index in [9.17, 15) is 9.59 Å². The third-order valence-electron chi connectivity index (χ3n) is 4.65. The standard InChI is InChI=1S/C22H21Cl2N3O3/c1-14-19(20(24)27(25-14)13-16-9-7-8-12-18(16)23)22(29)30-15(2)21(28)26(3)17-10-5-4-6-11-17/h4-12,15H,13H2,1-3H3.